The Balaban J connectivity index is 2.25. The number of carbonyl (C=O) groups excluding carboxylic acids is 3. The number of phenolic OH excluding ortho intramolecular Hbond substituents is 1. The Morgan fingerprint density at radius 1 is 0.771 bits per heavy atom. The lowest BCUT2D eigenvalue weighted by Crippen LogP contribution is -2.46. The van der Waals surface area contributed by atoms with Crippen molar-refractivity contribution in [1.82, 2.24) is 10.6 Å². The Labute approximate surface area is 293 Å². The Hall–Kier alpha value is -3.98. The lowest BCUT2D eigenvalue weighted by Gasteiger charge is -2.29. The van der Waals surface area contributed by atoms with E-state index in [0.717, 1.165) is 70.0 Å². The van der Waals surface area contributed by atoms with Gasteiger partial charge in [-0.25, -0.2) is 9.59 Å². The molecule has 8 nitrogen and oxygen atoms in total. The number of allylic oxidation sites excluding steroid dienone is 12. The maximum Gasteiger partial charge on any atom is 0.341 e. The second-order valence-electron chi connectivity index (χ2n) is 11.0. The normalized spacial score (nSPS) is 12.3. The van der Waals surface area contributed by atoms with Crippen LogP contribution < -0.4 is 16.0 Å². The molecule has 0 aliphatic carbocycles. The molecule has 9 heteroatoms. The van der Waals surface area contributed by atoms with Gasteiger partial charge in [0.05, 0.1) is 11.9 Å². The largest absolute Gasteiger partial charge is 0.507 e. The Morgan fingerprint density at radius 2 is 1.29 bits per heavy atom. The number of carbonyl (C=O) groups is 3. The van der Waals surface area contributed by atoms with E-state index in [2.05, 4.69) is 101 Å². The van der Waals surface area contributed by atoms with Crippen LogP contribution in [0.25, 0.3) is 0 Å². The van der Waals surface area contributed by atoms with Crippen molar-refractivity contribution in [2.24, 2.45) is 0 Å². The van der Waals surface area contributed by atoms with E-state index in [1.54, 1.807) is 11.8 Å². The van der Waals surface area contributed by atoms with E-state index < -0.39 is 16.7 Å². The molecule has 0 heterocycles. The van der Waals surface area contributed by atoms with Gasteiger partial charge in [0.15, 0.2) is 0 Å². The standard InChI is InChI=1S/C39H57N3O5S/c1-5-8-9-10-11-12-13-14-15-16-17-18-19-20-21-22-23-24-25-26-31-48-39(6-2,7-3)37(45)40-29-30-41-38(46)42-33-27-28-35(43)34(32-33)36(44)47-4/h8-9,11-12,14-15,17-18,20-21,23-24,27-28,32,43H,5-7,10,13,16,19,22,25-26,29-31H2,1-4H3,(H,40,45)(H2,41,42,46)/b9-8-,12-11-,15-14-,18-17-,21-20-,24-23-. The molecule has 1 aromatic carbocycles. The number of benzene rings is 1. The van der Waals surface area contributed by atoms with E-state index in [0.29, 0.717) is 5.69 Å². The molecule has 1 aromatic rings. The van der Waals surface area contributed by atoms with Crippen molar-refractivity contribution >= 4 is 35.4 Å². The molecule has 0 unspecified atom stereocenters. The van der Waals surface area contributed by atoms with Gasteiger partial charge in [-0.15, -0.1) is 11.8 Å². The van der Waals surface area contributed by atoms with Crippen molar-refractivity contribution in [2.45, 2.75) is 89.7 Å². The summed E-state index contributed by atoms with van der Waals surface area (Å²) < 4.78 is 4.13. The van der Waals surface area contributed by atoms with Crippen LogP contribution in [-0.2, 0) is 9.53 Å². The molecular weight excluding hydrogens is 623 g/mol. The van der Waals surface area contributed by atoms with Gasteiger partial charge in [0.2, 0.25) is 5.91 Å². The highest BCUT2D eigenvalue weighted by molar-refractivity contribution is 8.01. The van der Waals surface area contributed by atoms with Crippen LogP contribution in [0, 0.1) is 0 Å². The first-order chi connectivity index (χ1) is 23.3. The van der Waals surface area contributed by atoms with Crippen molar-refractivity contribution in [1.29, 1.82) is 0 Å². The minimum absolute atomic E-state index is 0.0186. The summed E-state index contributed by atoms with van der Waals surface area (Å²) in [7, 11) is 1.21. The molecule has 0 aliphatic heterocycles. The Bertz CT molecular complexity index is 1260. The summed E-state index contributed by atoms with van der Waals surface area (Å²) in [6.07, 6.45) is 35.8. The molecule has 0 aromatic heterocycles. The number of thioether (sulfide) groups is 1. The molecule has 4 N–H and O–H groups in total. The van der Waals surface area contributed by atoms with Crippen molar-refractivity contribution in [3.05, 3.63) is 96.7 Å². The first-order valence-electron chi connectivity index (χ1n) is 17.1. The van der Waals surface area contributed by atoms with Gasteiger partial charge in [-0.3, -0.25) is 4.79 Å². The molecule has 264 valence electrons. The number of rotatable bonds is 24. The predicted molar refractivity (Wildman–Crippen MR) is 203 cm³/mol. The number of phenols is 1. The summed E-state index contributed by atoms with van der Waals surface area (Å²) in [6, 6.07) is 3.61. The predicted octanol–water partition coefficient (Wildman–Crippen LogP) is 9.19. The van der Waals surface area contributed by atoms with Gasteiger partial charge in [-0.2, -0.15) is 0 Å². The monoisotopic (exact) mass is 679 g/mol. The fraction of sp³-hybridized carbons (Fsp3) is 0.462. The topological polar surface area (TPSA) is 117 Å². The summed E-state index contributed by atoms with van der Waals surface area (Å²) in [4.78, 5) is 37.1. The number of aromatic hydroxyl groups is 1. The van der Waals surface area contributed by atoms with Crippen molar-refractivity contribution in [2.75, 3.05) is 31.3 Å². The van der Waals surface area contributed by atoms with Crippen molar-refractivity contribution in [3.63, 3.8) is 0 Å². The highest BCUT2D eigenvalue weighted by Crippen LogP contribution is 2.33. The van der Waals surface area contributed by atoms with Crippen LogP contribution in [0.2, 0.25) is 0 Å². The summed E-state index contributed by atoms with van der Waals surface area (Å²) >= 11 is 1.70. The van der Waals surface area contributed by atoms with Gasteiger partial charge in [-0.05, 0) is 88.2 Å². The van der Waals surface area contributed by atoms with Gasteiger partial charge >= 0.3 is 12.0 Å². The lowest BCUT2D eigenvalue weighted by atomic mass is 10.0. The summed E-state index contributed by atoms with van der Waals surface area (Å²) in [6.45, 7) is 6.74. The fourth-order valence-electron chi connectivity index (χ4n) is 4.52. The number of anilines is 1. The van der Waals surface area contributed by atoms with Gasteiger partial charge in [0.25, 0.3) is 0 Å². The van der Waals surface area contributed by atoms with E-state index >= 15 is 0 Å². The van der Waals surface area contributed by atoms with Crippen LogP contribution in [-0.4, -0.2) is 53.7 Å². The molecule has 3 amide bonds. The quantitative estimate of drug-likeness (QED) is 0.0375. The fourth-order valence-corrected chi connectivity index (χ4v) is 5.84. The Morgan fingerprint density at radius 3 is 1.81 bits per heavy atom. The molecule has 0 atom stereocenters. The van der Waals surface area contributed by atoms with Crippen molar-refractivity contribution < 1.29 is 24.2 Å². The molecule has 1 rings (SSSR count). The van der Waals surface area contributed by atoms with Crippen LogP contribution in [0.1, 0.15) is 95.3 Å². The first kappa shape index (κ1) is 42.0. The van der Waals surface area contributed by atoms with Crippen LogP contribution >= 0.6 is 11.8 Å². The zero-order chi connectivity index (χ0) is 35.3. The highest BCUT2D eigenvalue weighted by Gasteiger charge is 2.34. The van der Waals surface area contributed by atoms with Gasteiger partial charge < -0.3 is 25.8 Å². The van der Waals surface area contributed by atoms with E-state index in [1.165, 1.54) is 25.3 Å². The molecule has 0 radical (unpaired) electrons. The summed E-state index contributed by atoms with van der Waals surface area (Å²) in [5.41, 5.74) is 0.277. The van der Waals surface area contributed by atoms with Gasteiger partial charge in [0.1, 0.15) is 11.3 Å². The maximum atomic E-state index is 13.1. The maximum absolute atomic E-state index is 13.1. The first-order valence-corrected chi connectivity index (χ1v) is 18.1. The second-order valence-corrected chi connectivity index (χ2v) is 12.4. The molecule has 48 heavy (non-hydrogen) atoms. The molecule has 0 bridgehead atoms. The van der Waals surface area contributed by atoms with E-state index in [-0.39, 0.29) is 30.3 Å². The SMILES string of the molecule is CC/C=C\C/C=C\C/C=C\C/C=C\C/C=C\C/C=C\CCCSC(CC)(CC)C(=O)NCCNC(=O)Nc1ccc(O)c(C(=O)OC)c1. The number of hydrogen-bond donors (Lipinski definition) is 4. The van der Waals surface area contributed by atoms with Crippen LogP contribution in [0.3, 0.4) is 0 Å². The molecule has 0 spiro atoms. The zero-order valence-electron chi connectivity index (χ0n) is 29.3. The summed E-state index contributed by atoms with van der Waals surface area (Å²) in [5, 5.41) is 18.1. The molecule has 0 fully saturated rings. The molecule has 0 saturated carbocycles. The third-order valence-corrected chi connectivity index (χ3v) is 9.21. The summed E-state index contributed by atoms with van der Waals surface area (Å²) in [5.74, 6) is -0.0735. The van der Waals surface area contributed by atoms with Gasteiger partial charge in [-0.1, -0.05) is 93.7 Å². The smallest absolute Gasteiger partial charge is 0.341 e. The third kappa shape index (κ3) is 18.4. The number of unbranched alkanes of at least 4 members (excludes halogenated alkanes) is 1. The number of amides is 3. The van der Waals surface area contributed by atoms with Crippen LogP contribution in [0.15, 0.2) is 91.1 Å². The van der Waals surface area contributed by atoms with Crippen molar-refractivity contribution in [3.8, 4) is 5.75 Å². The second kappa shape index (κ2) is 27.0. The van der Waals surface area contributed by atoms with E-state index in [9.17, 15) is 19.5 Å². The van der Waals surface area contributed by atoms with Crippen LogP contribution in [0.5, 0.6) is 5.75 Å². The number of hydrogen-bond acceptors (Lipinski definition) is 6. The average Bonchev–Trinajstić information content (AvgIpc) is 3.09. The number of ether oxygens (including phenoxy) is 1. The van der Waals surface area contributed by atoms with Crippen LogP contribution in [0.4, 0.5) is 10.5 Å². The van der Waals surface area contributed by atoms with E-state index in [4.69, 9.17) is 0 Å². The number of nitrogens with one attached hydrogen (secondary N) is 3. The number of esters is 1. The molecule has 0 saturated heterocycles. The van der Waals surface area contributed by atoms with Gasteiger partial charge in [0, 0.05) is 18.8 Å². The lowest BCUT2D eigenvalue weighted by molar-refractivity contribution is -0.123. The molecule has 0 aliphatic rings. The number of urea groups is 1. The Kier molecular flexibility index (Phi) is 23.7. The zero-order valence-corrected chi connectivity index (χ0v) is 30.2. The third-order valence-electron chi connectivity index (χ3n) is 7.40. The number of methoxy groups -OCH3 is 1. The average molecular weight is 680 g/mol. The highest BCUT2D eigenvalue weighted by atomic mass is 32.2. The minimum atomic E-state index is -0.707. The minimum Gasteiger partial charge on any atom is -0.507 e. The molecular formula is C39H57N3O5S. The van der Waals surface area contributed by atoms with E-state index in [1.807, 2.05) is 13.8 Å².